The maximum Gasteiger partial charge on any atom is 0.272 e. The van der Waals surface area contributed by atoms with Crippen LogP contribution in [0.25, 0.3) is 0 Å². The summed E-state index contributed by atoms with van der Waals surface area (Å²) in [5, 5.41) is 3.25. The van der Waals surface area contributed by atoms with Gasteiger partial charge in [-0.3, -0.25) is 14.6 Å². The zero-order valence-corrected chi connectivity index (χ0v) is 16.1. The number of amides is 2. The third kappa shape index (κ3) is 4.57. The van der Waals surface area contributed by atoms with E-state index in [1.54, 1.807) is 29.2 Å². The van der Waals surface area contributed by atoms with Gasteiger partial charge in [0.2, 0.25) is 0 Å². The van der Waals surface area contributed by atoms with Gasteiger partial charge >= 0.3 is 0 Å². The number of piperidine rings is 1. The van der Waals surface area contributed by atoms with Crippen LogP contribution in [0, 0.1) is 5.92 Å². The number of hydrogen-bond donors (Lipinski definition) is 1. The first-order valence-corrected chi connectivity index (χ1v) is 9.26. The van der Waals surface area contributed by atoms with E-state index in [2.05, 4.69) is 17.2 Å². The second-order valence-corrected chi connectivity index (χ2v) is 7.16. The standard InChI is InChI=1S/C20H22ClN3O3/c1-13-4-3-9-24(12-13)20(26)17-10-14(7-8-22-17)19(25)23-16-11-15(21)5-6-18(16)27-2/h5-8,10-11,13H,3-4,9,12H2,1-2H3,(H,23,25). The zero-order valence-electron chi connectivity index (χ0n) is 15.4. The molecule has 2 aromatic rings. The highest BCUT2D eigenvalue weighted by Gasteiger charge is 2.23. The predicted molar refractivity (Wildman–Crippen MR) is 104 cm³/mol. The Labute approximate surface area is 163 Å². The summed E-state index contributed by atoms with van der Waals surface area (Å²) in [5.74, 6) is 0.473. The number of aromatic nitrogens is 1. The number of hydrogen-bond acceptors (Lipinski definition) is 4. The van der Waals surface area contributed by atoms with E-state index in [0.717, 1.165) is 25.9 Å². The average Bonchev–Trinajstić information content (AvgIpc) is 2.67. The van der Waals surface area contributed by atoms with Crippen LogP contribution in [0.15, 0.2) is 36.5 Å². The highest BCUT2D eigenvalue weighted by Crippen LogP contribution is 2.28. The monoisotopic (exact) mass is 387 g/mol. The Morgan fingerprint density at radius 3 is 2.85 bits per heavy atom. The average molecular weight is 388 g/mol. The molecule has 0 bridgehead atoms. The number of pyridine rings is 1. The summed E-state index contributed by atoms with van der Waals surface area (Å²) in [7, 11) is 1.52. The van der Waals surface area contributed by atoms with E-state index in [9.17, 15) is 9.59 Å². The number of carbonyl (C=O) groups excluding carboxylic acids is 2. The molecule has 2 heterocycles. The van der Waals surface area contributed by atoms with Gasteiger partial charge in [0, 0.05) is 29.9 Å². The van der Waals surface area contributed by atoms with Gasteiger partial charge in [0.1, 0.15) is 11.4 Å². The first-order chi connectivity index (χ1) is 13.0. The quantitative estimate of drug-likeness (QED) is 0.864. The lowest BCUT2D eigenvalue weighted by Crippen LogP contribution is -2.39. The lowest BCUT2D eigenvalue weighted by molar-refractivity contribution is 0.0677. The highest BCUT2D eigenvalue weighted by molar-refractivity contribution is 6.31. The van der Waals surface area contributed by atoms with Crippen LogP contribution in [0.3, 0.4) is 0 Å². The van der Waals surface area contributed by atoms with Gasteiger partial charge in [0.05, 0.1) is 12.8 Å². The largest absolute Gasteiger partial charge is 0.495 e. The number of nitrogens with zero attached hydrogens (tertiary/aromatic N) is 2. The summed E-state index contributed by atoms with van der Waals surface area (Å²) in [6, 6.07) is 8.06. The normalized spacial score (nSPS) is 16.7. The van der Waals surface area contributed by atoms with Crippen molar-refractivity contribution in [1.82, 2.24) is 9.88 Å². The predicted octanol–water partition coefficient (Wildman–Crippen LogP) is 3.87. The number of nitrogens with one attached hydrogen (secondary N) is 1. The van der Waals surface area contributed by atoms with Crippen molar-refractivity contribution in [2.45, 2.75) is 19.8 Å². The number of halogens is 1. The molecule has 0 spiro atoms. The van der Waals surface area contributed by atoms with Crippen LogP contribution in [-0.4, -0.2) is 41.9 Å². The molecule has 3 rings (SSSR count). The SMILES string of the molecule is COc1ccc(Cl)cc1NC(=O)c1ccnc(C(=O)N2CCCC(C)C2)c1. The number of carbonyl (C=O) groups is 2. The van der Waals surface area contributed by atoms with Crippen LogP contribution in [0.5, 0.6) is 5.75 Å². The van der Waals surface area contributed by atoms with Crippen molar-refractivity contribution in [3.8, 4) is 5.75 Å². The van der Waals surface area contributed by atoms with E-state index in [-0.39, 0.29) is 17.5 Å². The molecule has 1 fully saturated rings. The summed E-state index contributed by atoms with van der Waals surface area (Å²) in [5.41, 5.74) is 1.08. The maximum atomic E-state index is 12.7. The number of anilines is 1. The molecule has 1 aliphatic heterocycles. The number of methoxy groups -OCH3 is 1. The van der Waals surface area contributed by atoms with Crippen LogP contribution < -0.4 is 10.1 Å². The second-order valence-electron chi connectivity index (χ2n) is 6.73. The van der Waals surface area contributed by atoms with Crippen LogP contribution >= 0.6 is 11.6 Å². The molecule has 7 heteroatoms. The molecule has 1 N–H and O–H groups in total. The second kappa shape index (κ2) is 8.39. The fraction of sp³-hybridized carbons (Fsp3) is 0.350. The maximum absolute atomic E-state index is 12.7. The van der Waals surface area contributed by atoms with E-state index in [1.165, 1.54) is 19.4 Å². The summed E-state index contributed by atoms with van der Waals surface area (Å²) in [6.07, 6.45) is 3.59. The summed E-state index contributed by atoms with van der Waals surface area (Å²) in [6.45, 7) is 3.58. The first kappa shape index (κ1) is 19.2. The Morgan fingerprint density at radius 1 is 1.30 bits per heavy atom. The molecule has 0 aliphatic carbocycles. The minimum Gasteiger partial charge on any atom is -0.495 e. The number of benzene rings is 1. The van der Waals surface area contributed by atoms with Gasteiger partial charge < -0.3 is 15.0 Å². The minimum absolute atomic E-state index is 0.142. The number of rotatable bonds is 4. The van der Waals surface area contributed by atoms with Crippen molar-refractivity contribution in [3.63, 3.8) is 0 Å². The van der Waals surface area contributed by atoms with E-state index in [1.807, 2.05) is 0 Å². The lowest BCUT2D eigenvalue weighted by Gasteiger charge is -2.30. The highest BCUT2D eigenvalue weighted by atomic mass is 35.5. The molecule has 1 unspecified atom stereocenters. The van der Waals surface area contributed by atoms with Gasteiger partial charge in [0.25, 0.3) is 11.8 Å². The molecule has 1 aliphatic rings. The first-order valence-electron chi connectivity index (χ1n) is 8.88. The molecule has 142 valence electrons. The Bertz CT molecular complexity index is 856. The van der Waals surface area contributed by atoms with Gasteiger partial charge in [-0.15, -0.1) is 0 Å². The molecule has 1 atom stereocenters. The Balaban J connectivity index is 1.78. The third-order valence-corrected chi connectivity index (χ3v) is 4.83. The topological polar surface area (TPSA) is 71.5 Å². The van der Waals surface area contributed by atoms with E-state index >= 15 is 0 Å². The fourth-order valence-corrected chi connectivity index (χ4v) is 3.37. The van der Waals surface area contributed by atoms with Gasteiger partial charge in [-0.2, -0.15) is 0 Å². The Kier molecular flexibility index (Phi) is 5.96. The van der Waals surface area contributed by atoms with Gasteiger partial charge in [-0.25, -0.2) is 0 Å². The van der Waals surface area contributed by atoms with Crippen LogP contribution in [0.1, 0.15) is 40.6 Å². The van der Waals surface area contributed by atoms with Crippen molar-refractivity contribution >= 4 is 29.1 Å². The van der Waals surface area contributed by atoms with Crippen molar-refractivity contribution < 1.29 is 14.3 Å². The van der Waals surface area contributed by atoms with Gasteiger partial charge in [-0.05, 0) is 49.1 Å². The molecule has 1 aromatic heterocycles. The molecular weight excluding hydrogens is 366 g/mol. The fourth-order valence-electron chi connectivity index (χ4n) is 3.20. The molecule has 6 nitrogen and oxygen atoms in total. The molecule has 0 radical (unpaired) electrons. The summed E-state index contributed by atoms with van der Waals surface area (Å²) < 4.78 is 5.24. The lowest BCUT2D eigenvalue weighted by atomic mass is 10.00. The summed E-state index contributed by atoms with van der Waals surface area (Å²) in [4.78, 5) is 31.3. The molecule has 27 heavy (non-hydrogen) atoms. The molecular formula is C20H22ClN3O3. The molecule has 1 saturated heterocycles. The van der Waals surface area contributed by atoms with E-state index < -0.39 is 0 Å². The molecule has 0 saturated carbocycles. The smallest absolute Gasteiger partial charge is 0.272 e. The van der Waals surface area contributed by atoms with Crippen molar-refractivity contribution in [3.05, 3.63) is 52.8 Å². The van der Waals surface area contributed by atoms with E-state index in [4.69, 9.17) is 16.3 Å². The summed E-state index contributed by atoms with van der Waals surface area (Å²) >= 11 is 6.00. The van der Waals surface area contributed by atoms with Crippen LogP contribution in [-0.2, 0) is 0 Å². The van der Waals surface area contributed by atoms with Gasteiger partial charge in [0.15, 0.2) is 0 Å². The number of ether oxygens (including phenoxy) is 1. The minimum atomic E-state index is -0.362. The van der Waals surface area contributed by atoms with Crippen molar-refractivity contribution in [1.29, 1.82) is 0 Å². The molecule has 1 aromatic carbocycles. The van der Waals surface area contributed by atoms with Crippen molar-refractivity contribution in [2.75, 3.05) is 25.5 Å². The number of likely N-dealkylation sites (tertiary alicyclic amines) is 1. The van der Waals surface area contributed by atoms with Crippen molar-refractivity contribution in [2.24, 2.45) is 5.92 Å². The Morgan fingerprint density at radius 2 is 2.11 bits per heavy atom. The van der Waals surface area contributed by atoms with Crippen LogP contribution in [0.4, 0.5) is 5.69 Å². The zero-order chi connectivity index (χ0) is 19.4. The van der Waals surface area contributed by atoms with E-state index in [0.29, 0.717) is 27.9 Å². The van der Waals surface area contributed by atoms with Gasteiger partial charge in [-0.1, -0.05) is 18.5 Å². The molecule has 2 amide bonds. The van der Waals surface area contributed by atoms with Crippen LogP contribution in [0.2, 0.25) is 5.02 Å². The third-order valence-electron chi connectivity index (χ3n) is 4.60. The Hall–Kier alpha value is -2.60.